The fourth-order valence-electron chi connectivity index (χ4n) is 2.24. The van der Waals surface area contributed by atoms with Crippen LogP contribution in [0, 0.1) is 13.7 Å². The summed E-state index contributed by atoms with van der Waals surface area (Å²) >= 11 is 2.29. The van der Waals surface area contributed by atoms with Crippen molar-refractivity contribution in [2.45, 2.75) is 19.4 Å². The van der Waals surface area contributed by atoms with Gasteiger partial charge in [-0.15, -0.1) is 0 Å². The molecule has 0 saturated carbocycles. The van der Waals surface area contributed by atoms with Crippen molar-refractivity contribution in [3.05, 3.63) is 73.3 Å². The van der Waals surface area contributed by atoms with Crippen LogP contribution < -0.4 is 5.32 Å². The molecule has 0 amide bonds. The summed E-state index contributed by atoms with van der Waals surface area (Å²) in [7, 11) is 0. The minimum Gasteiger partial charge on any atom is -0.310 e. The summed E-state index contributed by atoms with van der Waals surface area (Å²) in [6.07, 6.45) is 0.812. The van der Waals surface area contributed by atoms with Crippen LogP contribution in [0.25, 0.3) is 0 Å². The molecule has 0 heterocycles. The second-order valence-corrected chi connectivity index (χ2v) is 6.04. The molecule has 4 nitrogen and oxygen atoms in total. The predicted octanol–water partition coefficient (Wildman–Crippen LogP) is 4.09. The van der Waals surface area contributed by atoms with E-state index in [1.165, 1.54) is 9.13 Å². The van der Waals surface area contributed by atoms with Gasteiger partial charge in [0, 0.05) is 21.7 Å². The van der Waals surface area contributed by atoms with Gasteiger partial charge in [-0.3, -0.25) is 10.1 Å². The molecule has 5 heteroatoms. The SMILES string of the molecule is CCNC(Cc1ccc([N+](=O)[O-])cc1)c1ccc(I)cc1. The summed E-state index contributed by atoms with van der Waals surface area (Å²) in [5.74, 6) is 0. The average molecular weight is 396 g/mol. The van der Waals surface area contributed by atoms with E-state index < -0.39 is 0 Å². The van der Waals surface area contributed by atoms with E-state index in [4.69, 9.17) is 0 Å². The maximum absolute atomic E-state index is 10.7. The molecule has 1 unspecified atom stereocenters. The highest BCUT2D eigenvalue weighted by molar-refractivity contribution is 14.1. The van der Waals surface area contributed by atoms with E-state index in [1.54, 1.807) is 12.1 Å². The number of benzene rings is 2. The maximum atomic E-state index is 10.7. The summed E-state index contributed by atoms with van der Waals surface area (Å²) < 4.78 is 1.21. The van der Waals surface area contributed by atoms with E-state index in [9.17, 15) is 10.1 Å². The molecule has 2 aromatic carbocycles. The van der Waals surface area contributed by atoms with Crippen molar-refractivity contribution in [3.63, 3.8) is 0 Å². The first-order chi connectivity index (χ1) is 10.1. The number of nitrogens with one attached hydrogen (secondary N) is 1. The van der Waals surface area contributed by atoms with Gasteiger partial charge in [0.25, 0.3) is 5.69 Å². The smallest absolute Gasteiger partial charge is 0.269 e. The lowest BCUT2D eigenvalue weighted by atomic mass is 9.98. The zero-order valence-corrected chi connectivity index (χ0v) is 13.9. The van der Waals surface area contributed by atoms with E-state index in [0.717, 1.165) is 18.5 Å². The summed E-state index contributed by atoms with van der Waals surface area (Å²) in [6.45, 7) is 2.96. The zero-order valence-electron chi connectivity index (χ0n) is 11.8. The number of nitro groups is 1. The van der Waals surface area contributed by atoms with Crippen molar-refractivity contribution in [3.8, 4) is 0 Å². The minimum absolute atomic E-state index is 0.132. The Morgan fingerprint density at radius 1 is 1.14 bits per heavy atom. The Hall–Kier alpha value is -1.47. The Morgan fingerprint density at radius 3 is 2.29 bits per heavy atom. The van der Waals surface area contributed by atoms with Gasteiger partial charge in [-0.1, -0.05) is 31.2 Å². The fourth-order valence-corrected chi connectivity index (χ4v) is 2.60. The van der Waals surface area contributed by atoms with Crippen LogP contribution in [0.2, 0.25) is 0 Å². The second-order valence-electron chi connectivity index (χ2n) is 4.79. The number of nitro benzene ring substituents is 1. The number of nitrogens with zero attached hydrogens (tertiary/aromatic N) is 1. The number of hydrogen-bond donors (Lipinski definition) is 1. The molecule has 2 rings (SSSR count). The second kappa shape index (κ2) is 7.51. The summed E-state index contributed by atoms with van der Waals surface area (Å²) in [4.78, 5) is 10.3. The van der Waals surface area contributed by atoms with Crippen molar-refractivity contribution in [2.24, 2.45) is 0 Å². The molecule has 0 fully saturated rings. The maximum Gasteiger partial charge on any atom is 0.269 e. The molecule has 21 heavy (non-hydrogen) atoms. The van der Waals surface area contributed by atoms with Crippen LogP contribution >= 0.6 is 22.6 Å². The quantitative estimate of drug-likeness (QED) is 0.455. The lowest BCUT2D eigenvalue weighted by Gasteiger charge is -2.18. The summed E-state index contributed by atoms with van der Waals surface area (Å²) in [5.41, 5.74) is 2.45. The van der Waals surface area contributed by atoms with E-state index in [1.807, 2.05) is 12.1 Å². The van der Waals surface area contributed by atoms with Crippen LogP contribution in [0.1, 0.15) is 24.1 Å². The number of rotatable bonds is 6. The highest BCUT2D eigenvalue weighted by Crippen LogP contribution is 2.21. The highest BCUT2D eigenvalue weighted by Gasteiger charge is 2.12. The largest absolute Gasteiger partial charge is 0.310 e. The van der Waals surface area contributed by atoms with Crippen LogP contribution in [-0.4, -0.2) is 11.5 Å². The van der Waals surface area contributed by atoms with Crippen LogP contribution in [-0.2, 0) is 6.42 Å². The van der Waals surface area contributed by atoms with Gasteiger partial charge in [0.1, 0.15) is 0 Å². The first-order valence-electron chi connectivity index (χ1n) is 6.82. The third kappa shape index (κ3) is 4.50. The van der Waals surface area contributed by atoms with Gasteiger partial charge in [0.05, 0.1) is 4.92 Å². The first kappa shape index (κ1) is 15.9. The predicted molar refractivity (Wildman–Crippen MR) is 92.4 cm³/mol. The van der Waals surface area contributed by atoms with E-state index in [-0.39, 0.29) is 16.7 Å². The van der Waals surface area contributed by atoms with E-state index in [0.29, 0.717) is 0 Å². The Bertz CT molecular complexity index is 597. The number of non-ortho nitro benzene ring substituents is 1. The van der Waals surface area contributed by atoms with Crippen LogP contribution in [0.15, 0.2) is 48.5 Å². The molecule has 0 aromatic heterocycles. The minimum atomic E-state index is -0.370. The van der Waals surface area contributed by atoms with Gasteiger partial charge < -0.3 is 5.32 Å². The zero-order chi connectivity index (χ0) is 15.2. The monoisotopic (exact) mass is 396 g/mol. The van der Waals surface area contributed by atoms with Gasteiger partial charge in [-0.05, 0) is 58.8 Å². The molecule has 2 aromatic rings. The summed E-state index contributed by atoms with van der Waals surface area (Å²) in [6, 6.07) is 15.4. The van der Waals surface area contributed by atoms with Gasteiger partial charge >= 0.3 is 0 Å². The van der Waals surface area contributed by atoms with Crippen molar-refractivity contribution in [2.75, 3.05) is 6.54 Å². The highest BCUT2D eigenvalue weighted by atomic mass is 127. The van der Waals surface area contributed by atoms with Crippen molar-refractivity contribution >= 4 is 28.3 Å². The molecule has 0 spiro atoms. The number of hydrogen-bond acceptors (Lipinski definition) is 3. The van der Waals surface area contributed by atoms with Crippen LogP contribution in [0.3, 0.4) is 0 Å². The first-order valence-corrected chi connectivity index (χ1v) is 7.90. The molecule has 0 aliphatic heterocycles. The fraction of sp³-hybridized carbons (Fsp3) is 0.250. The van der Waals surface area contributed by atoms with Crippen LogP contribution in [0.5, 0.6) is 0 Å². The Labute approximate surface area is 137 Å². The molecule has 1 N–H and O–H groups in total. The molecular weight excluding hydrogens is 379 g/mol. The molecule has 0 radical (unpaired) electrons. The number of halogens is 1. The molecular formula is C16H17IN2O2. The lowest BCUT2D eigenvalue weighted by Crippen LogP contribution is -2.22. The molecule has 110 valence electrons. The van der Waals surface area contributed by atoms with E-state index in [2.05, 4.69) is 59.1 Å². The molecule has 0 saturated heterocycles. The Morgan fingerprint density at radius 2 is 1.76 bits per heavy atom. The third-order valence-corrected chi connectivity index (χ3v) is 4.03. The molecule has 0 aliphatic carbocycles. The Balaban J connectivity index is 2.15. The van der Waals surface area contributed by atoms with Gasteiger partial charge in [-0.25, -0.2) is 0 Å². The van der Waals surface area contributed by atoms with E-state index >= 15 is 0 Å². The van der Waals surface area contributed by atoms with Gasteiger partial charge in [0.15, 0.2) is 0 Å². The van der Waals surface area contributed by atoms with Crippen LogP contribution in [0.4, 0.5) is 5.69 Å². The van der Waals surface area contributed by atoms with Gasteiger partial charge in [-0.2, -0.15) is 0 Å². The van der Waals surface area contributed by atoms with Crippen molar-refractivity contribution < 1.29 is 4.92 Å². The molecule has 0 aliphatic rings. The molecule has 0 bridgehead atoms. The van der Waals surface area contributed by atoms with Crippen molar-refractivity contribution in [1.29, 1.82) is 0 Å². The van der Waals surface area contributed by atoms with Gasteiger partial charge in [0.2, 0.25) is 0 Å². The standard InChI is InChI=1S/C16H17IN2O2/c1-2-18-16(13-5-7-14(17)8-6-13)11-12-3-9-15(10-4-12)19(20)21/h3-10,16,18H,2,11H2,1H3. The number of likely N-dealkylation sites (N-methyl/N-ethyl adjacent to an activating group) is 1. The lowest BCUT2D eigenvalue weighted by molar-refractivity contribution is -0.384. The third-order valence-electron chi connectivity index (χ3n) is 3.31. The topological polar surface area (TPSA) is 55.2 Å². The van der Waals surface area contributed by atoms with Crippen molar-refractivity contribution in [1.82, 2.24) is 5.32 Å². The normalized spacial score (nSPS) is 12.1. The molecule has 1 atom stereocenters. The average Bonchev–Trinajstić information content (AvgIpc) is 2.48. The summed E-state index contributed by atoms with van der Waals surface area (Å²) in [5, 5.41) is 14.2. The Kier molecular flexibility index (Phi) is 5.69.